The van der Waals surface area contributed by atoms with Crippen LogP contribution in [0.2, 0.25) is 0 Å². The summed E-state index contributed by atoms with van der Waals surface area (Å²) in [5.74, 6) is 2.06. The van der Waals surface area contributed by atoms with E-state index in [1.165, 1.54) is 221 Å². The van der Waals surface area contributed by atoms with E-state index in [9.17, 15) is 0 Å². The molecule has 0 atom stereocenters. The van der Waals surface area contributed by atoms with Crippen molar-refractivity contribution in [3.63, 3.8) is 0 Å². The molecule has 5 nitrogen and oxygen atoms in total. The average Bonchev–Trinajstić information content (AvgIpc) is 1.11. The topological polar surface area (TPSA) is 20.4 Å². The number of nitrogens with zero attached hydrogens (tertiary/aromatic N) is 5. The molecule has 0 spiro atoms. The summed E-state index contributed by atoms with van der Waals surface area (Å²) >= 11 is 0. The summed E-state index contributed by atoms with van der Waals surface area (Å²) < 4.78 is 11.9. The maximum absolute atomic E-state index is 2.49. The lowest BCUT2D eigenvalue weighted by Gasteiger charge is -2.36. The summed E-state index contributed by atoms with van der Waals surface area (Å²) in [5.41, 5.74) is 38.1. The van der Waals surface area contributed by atoms with E-state index in [1.54, 1.807) is 0 Å². The van der Waals surface area contributed by atoms with Gasteiger partial charge in [-0.2, -0.15) is 18.3 Å². The predicted molar refractivity (Wildman–Crippen MR) is 487 cm³/mol. The fraction of sp³-hybridized carbons (Fsp3) is 0.303. The summed E-state index contributed by atoms with van der Waals surface area (Å²) in [5, 5.41) is 16.0. The van der Waals surface area contributed by atoms with E-state index in [2.05, 4.69) is 422 Å². The van der Waals surface area contributed by atoms with Gasteiger partial charge in [0.2, 0.25) is 22.8 Å². The fourth-order valence-electron chi connectivity index (χ4n) is 19.3. The minimum absolute atomic E-state index is 0.00959. The van der Waals surface area contributed by atoms with Crippen LogP contribution >= 0.6 is 0 Å². The zero-order valence-corrected chi connectivity index (χ0v) is 72.9. The molecule has 0 N–H and O–H groups in total. The summed E-state index contributed by atoms with van der Waals surface area (Å²) in [6.45, 7) is 50.1. The Kier molecular flexibility index (Phi) is 20.5. The third-order valence-electron chi connectivity index (χ3n) is 26.2. The number of hydrogen-bond donors (Lipinski definition) is 0. The van der Waals surface area contributed by atoms with E-state index in [0.29, 0.717) is 29.7 Å². The molecule has 2 aliphatic rings. The number of para-hydroxylation sites is 1. The van der Waals surface area contributed by atoms with Crippen molar-refractivity contribution in [3.8, 4) is 56.2 Å². The van der Waals surface area contributed by atoms with Crippen molar-refractivity contribution in [3.05, 3.63) is 308 Å². The van der Waals surface area contributed by atoms with Crippen LogP contribution in [0.15, 0.2) is 218 Å². The van der Waals surface area contributed by atoms with Gasteiger partial charge >= 0.3 is 0 Å². The second-order valence-electron chi connectivity index (χ2n) is 36.1. The Morgan fingerprint density at radius 2 is 0.719 bits per heavy atom. The van der Waals surface area contributed by atoms with Crippen molar-refractivity contribution in [2.45, 2.75) is 193 Å². The lowest BCUT2D eigenvalue weighted by atomic mass is 9.66. The Labute approximate surface area is 679 Å². The van der Waals surface area contributed by atoms with Crippen LogP contribution in [-0.2, 0) is 39.0 Å². The van der Waals surface area contributed by atoms with E-state index in [0.717, 1.165) is 0 Å². The van der Waals surface area contributed by atoms with E-state index < -0.39 is 0 Å². The van der Waals surface area contributed by atoms with Crippen LogP contribution in [-0.4, -0.2) is 4.57 Å². The molecule has 16 aromatic rings. The summed E-state index contributed by atoms with van der Waals surface area (Å²) in [6, 6.07) is 82.7. The second-order valence-corrected chi connectivity index (χ2v) is 36.1. The number of hydrogen-bond acceptors (Lipinski definition) is 0. The molecule has 5 heteroatoms. The molecule has 5 aromatic heterocycles. The maximum Gasteiger partial charge on any atom is 0.221 e. The number of aryl methyl sites for hydroxylation is 8. The monoisotopic (exact) mass is 1500 g/mol. The molecule has 0 bridgehead atoms. The summed E-state index contributed by atoms with van der Waals surface area (Å²) in [4.78, 5) is 0. The van der Waals surface area contributed by atoms with Gasteiger partial charge in [-0.25, -0.2) is 0 Å². The van der Waals surface area contributed by atoms with Crippen LogP contribution in [0.1, 0.15) is 216 Å². The van der Waals surface area contributed by atoms with Crippen molar-refractivity contribution < 1.29 is 18.3 Å². The van der Waals surface area contributed by atoms with Crippen LogP contribution < -0.4 is 18.3 Å². The molecule has 0 saturated heterocycles. The van der Waals surface area contributed by atoms with E-state index in [4.69, 9.17) is 0 Å². The summed E-state index contributed by atoms with van der Waals surface area (Å²) in [7, 11) is 8.80. The lowest BCUT2D eigenvalue weighted by molar-refractivity contribution is -0.665. The number of pyridine rings is 4. The van der Waals surface area contributed by atoms with Gasteiger partial charge in [0, 0.05) is 85.1 Å². The molecular weight excluding hydrogens is 1380 g/mol. The number of aromatic nitrogens is 5. The third-order valence-corrected chi connectivity index (χ3v) is 26.2. The first-order chi connectivity index (χ1) is 54.2. The molecule has 0 fully saturated rings. The highest BCUT2D eigenvalue weighted by molar-refractivity contribution is 6.11. The molecule has 0 radical (unpaired) electrons. The van der Waals surface area contributed by atoms with Crippen molar-refractivity contribution in [1.82, 2.24) is 4.57 Å². The van der Waals surface area contributed by atoms with E-state index in [-0.39, 0.29) is 10.8 Å². The molecule has 2 aliphatic carbocycles. The first kappa shape index (κ1) is 78.4. The van der Waals surface area contributed by atoms with E-state index in [1.807, 2.05) is 0 Å². The zero-order chi connectivity index (χ0) is 81.3. The Hall–Kier alpha value is -10.9. The van der Waals surface area contributed by atoms with E-state index >= 15 is 0 Å². The fourth-order valence-corrected chi connectivity index (χ4v) is 19.3. The Morgan fingerprint density at radius 3 is 1.25 bits per heavy atom. The zero-order valence-electron chi connectivity index (χ0n) is 72.9. The maximum atomic E-state index is 2.49. The van der Waals surface area contributed by atoms with Crippen molar-refractivity contribution in [2.24, 2.45) is 28.2 Å². The highest BCUT2D eigenvalue weighted by atomic mass is 15.0. The molecular formula is C109H119N5+4. The number of rotatable bonds is 8. The minimum atomic E-state index is 0.00959. The van der Waals surface area contributed by atoms with Gasteiger partial charge in [-0.1, -0.05) is 229 Å². The third kappa shape index (κ3) is 13.3. The van der Waals surface area contributed by atoms with Gasteiger partial charge in [0.05, 0.1) is 49.3 Å². The first-order valence-electron chi connectivity index (χ1n) is 41.8. The largest absolute Gasteiger partial charge is 0.338 e. The average molecular weight is 1500 g/mol. The van der Waals surface area contributed by atoms with Crippen molar-refractivity contribution in [2.75, 3.05) is 0 Å². The van der Waals surface area contributed by atoms with Gasteiger partial charge in [-0.15, -0.1) is 0 Å². The van der Waals surface area contributed by atoms with Gasteiger partial charge < -0.3 is 4.57 Å². The molecule has 5 heterocycles. The SMILES string of the molecule is Cc1cc2c(cc1-c1c3cc(C(C)C)ccc3cc(C)[n+]1C)C(C)(C)c1ccccc1-2.Cc1cc2c3ccccc3n(C(C)C)c2cc1-c1c2cc(C(C)C)ccc2cc(C)[n+]1C.Cc1cc2ccccc2cc1-c1c2cc(C(C)C)ccc2cc(C)[n+]1C.Cc1cccc2c1-c1c3c(c(C(C)C)ccc3cc(C)[n+]1C)C2(C)C. The minimum Gasteiger partial charge on any atom is -0.338 e. The Balaban J connectivity index is 0.000000120. The molecule has 0 amide bonds. The molecule has 114 heavy (non-hydrogen) atoms. The molecule has 0 saturated carbocycles. The normalized spacial score (nSPS) is 13.2. The van der Waals surface area contributed by atoms with Crippen LogP contribution in [0.4, 0.5) is 0 Å². The molecule has 576 valence electrons. The van der Waals surface area contributed by atoms with Gasteiger partial charge in [0.25, 0.3) is 0 Å². The molecule has 0 aliphatic heterocycles. The van der Waals surface area contributed by atoms with Crippen LogP contribution in [0.25, 0.3) is 132 Å². The quantitative estimate of drug-likeness (QED) is 0.135. The number of fused-ring (bicyclic) bond motifs is 12. The van der Waals surface area contributed by atoms with Crippen molar-refractivity contribution >= 4 is 75.7 Å². The van der Waals surface area contributed by atoms with Gasteiger partial charge in [-0.3, -0.25) is 0 Å². The van der Waals surface area contributed by atoms with Crippen LogP contribution in [0.3, 0.4) is 0 Å². The highest BCUT2D eigenvalue weighted by Crippen LogP contribution is 2.53. The predicted octanol–water partition coefficient (Wildman–Crippen LogP) is 27.1. The van der Waals surface area contributed by atoms with Gasteiger partial charge in [0.1, 0.15) is 28.2 Å². The lowest BCUT2D eigenvalue weighted by Crippen LogP contribution is -2.39. The van der Waals surface area contributed by atoms with Crippen molar-refractivity contribution in [1.29, 1.82) is 0 Å². The van der Waals surface area contributed by atoms with Crippen LogP contribution in [0, 0.1) is 55.4 Å². The number of benzene rings is 11. The van der Waals surface area contributed by atoms with Crippen LogP contribution in [0.5, 0.6) is 0 Å². The summed E-state index contributed by atoms with van der Waals surface area (Å²) in [6.07, 6.45) is 0. The van der Waals surface area contributed by atoms with Gasteiger partial charge in [-0.05, 0) is 224 Å². The molecule has 0 unspecified atom stereocenters. The first-order valence-corrected chi connectivity index (χ1v) is 41.8. The van der Waals surface area contributed by atoms with Gasteiger partial charge in [0.15, 0.2) is 22.8 Å². The second kappa shape index (κ2) is 29.8. The Morgan fingerprint density at radius 1 is 0.281 bits per heavy atom. The standard InChI is InChI=1S/C30H33N2.C30H32N.C25H26N.C24H28N/c1-18(2)22-12-13-23-15-21(6)31(7)30(26(23)16-22)25-17-29-27(14-20(25)5)24-10-8-9-11-28(24)32(29)19(3)4;1-18(2)21-12-13-22-15-20(4)31(7)29(25(22)16-21)24-17-28-26(14-19(24)3)23-10-8-9-11-27(23)30(28,5)6;1-16(2)19-10-11-22-13-18(4)26(5)25(24(22)14-19)23-15-21-9-7-6-8-20(21)12-17(23)3;1-14(2)18-12-11-17-13-16(4)25(7)23-20-15(3)9-8-10-19(20)24(5,6)22(18)21(17)23/h8-19H,1-7H3;8-18H,1-7H3;6-16H,1-5H3;8-14H,1-7H3/q4*+1. The highest BCUT2D eigenvalue weighted by Gasteiger charge is 2.42. The Bertz CT molecular complexity index is 6600. The molecule has 11 aromatic carbocycles. The molecule has 18 rings (SSSR count). The smallest absolute Gasteiger partial charge is 0.221 e.